The molecule has 3 heteroatoms. The van der Waals surface area contributed by atoms with E-state index in [0.717, 1.165) is 15.6 Å². The van der Waals surface area contributed by atoms with Crippen LogP contribution in [0.5, 0.6) is 11.5 Å². The van der Waals surface area contributed by atoms with E-state index in [-0.39, 0.29) is 11.5 Å². The summed E-state index contributed by atoms with van der Waals surface area (Å²) in [6.07, 6.45) is 0. The monoisotopic (exact) mass is 264 g/mol. The van der Waals surface area contributed by atoms with Gasteiger partial charge < -0.3 is 10.2 Å². The van der Waals surface area contributed by atoms with Crippen molar-refractivity contribution in [2.45, 2.75) is 0 Å². The minimum absolute atomic E-state index is 0.216. The van der Waals surface area contributed by atoms with Gasteiger partial charge in [0.2, 0.25) is 0 Å². The Bertz CT molecular complexity index is 477. The third kappa shape index (κ3) is 2.13. The van der Waals surface area contributed by atoms with Crippen LogP contribution in [0.3, 0.4) is 0 Å². The molecular weight excluding hydrogens is 256 g/mol. The van der Waals surface area contributed by atoms with Gasteiger partial charge in [0.1, 0.15) is 11.5 Å². The smallest absolute Gasteiger partial charge is 0.123 e. The highest BCUT2D eigenvalue weighted by atomic mass is 79.9. The third-order valence-corrected chi connectivity index (χ3v) is 2.63. The first kappa shape index (κ1) is 10.1. The Morgan fingerprint density at radius 3 is 2.20 bits per heavy atom. The number of aromatic hydroxyl groups is 2. The lowest BCUT2D eigenvalue weighted by Crippen LogP contribution is -1.79. The van der Waals surface area contributed by atoms with E-state index in [9.17, 15) is 5.11 Å². The number of halogens is 1. The van der Waals surface area contributed by atoms with Gasteiger partial charge in [0, 0.05) is 10.0 Å². The Balaban J connectivity index is 2.53. The van der Waals surface area contributed by atoms with Crippen LogP contribution in [0.4, 0.5) is 0 Å². The van der Waals surface area contributed by atoms with Crippen molar-refractivity contribution >= 4 is 15.9 Å². The van der Waals surface area contributed by atoms with Crippen molar-refractivity contribution in [2.24, 2.45) is 0 Å². The molecule has 0 aliphatic carbocycles. The molecule has 0 unspecified atom stereocenters. The molecule has 0 amide bonds. The summed E-state index contributed by atoms with van der Waals surface area (Å²) in [5, 5.41) is 18.8. The summed E-state index contributed by atoms with van der Waals surface area (Å²) >= 11 is 3.35. The zero-order valence-corrected chi connectivity index (χ0v) is 9.40. The molecule has 15 heavy (non-hydrogen) atoms. The fourth-order valence-corrected chi connectivity index (χ4v) is 1.74. The van der Waals surface area contributed by atoms with Gasteiger partial charge in [0.25, 0.3) is 0 Å². The lowest BCUT2D eigenvalue weighted by atomic mass is 10.0. The summed E-state index contributed by atoms with van der Waals surface area (Å²) in [7, 11) is 0. The van der Waals surface area contributed by atoms with Gasteiger partial charge in [-0.15, -0.1) is 0 Å². The van der Waals surface area contributed by atoms with Crippen molar-refractivity contribution in [3.05, 3.63) is 46.9 Å². The van der Waals surface area contributed by atoms with Crippen molar-refractivity contribution in [1.29, 1.82) is 0 Å². The Morgan fingerprint density at radius 2 is 1.53 bits per heavy atom. The lowest BCUT2D eigenvalue weighted by Gasteiger charge is -2.05. The van der Waals surface area contributed by atoms with Crippen LogP contribution in [-0.2, 0) is 0 Å². The van der Waals surface area contributed by atoms with E-state index in [4.69, 9.17) is 5.11 Å². The minimum atomic E-state index is 0.216. The molecule has 2 aromatic carbocycles. The van der Waals surface area contributed by atoms with Gasteiger partial charge in [-0.2, -0.15) is 0 Å². The van der Waals surface area contributed by atoms with Crippen LogP contribution >= 0.6 is 15.9 Å². The first-order valence-corrected chi connectivity index (χ1v) is 5.24. The van der Waals surface area contributed by atoms with Crippen LogP contribution in [0.15, 0.2) is 46.9 Å². The number of rotatable bonds is 1. The highest BCUT2D eigenvalue weighted by Crippen LogP contribution is 2.32. The molecule has 76 valence electrons. The van der Waals surface area contributed by atoms with Crippen LogP contribution in [0.25, 0.3) is 11.1 Å². The molecule has 2 N–H and O–H groups in total. The normalized spacial score (nSPS) is 10.2. The van der Waals surface area contributed by atoms with E-state index in [1.807, 2.05) is 6.07 Å². The first-order valence-electron chi connectivity index (χ1n) is 4.45. The SMILES string of the molecule is Oc1ccc(-c2cc(Br)ccc2O)cc1. The van der Waals surface area contributed by atoms with Crippen molar-refractivity contribution < 1.29 is 10.2 Å². The van der Waals surface area contributed by atoms with Crippen molar-refractivity contribution in [3.63, 3.8) is 0 Å². The molecule has 0 atom stereocenters. The van der Waals surface area contributed by atoms with Crippen molar-refractivity contribution in [1.82, 2.24) is 0 Å². The van der Waals surface area contributed by atoms with Crippen LogP contribution in [0, 0.1) is 0 Å². The number of phenolic OH excluding ortho intramolecular Hbond substituents is 2. The maximum absolute atomic E-state index is 9.67. The molecule has 0 aromatic heterocycles. The van der Waals surface area contributed by atoms with E-state index < -0.39 is 0 Å². The second-order valence-corrected chi connectivity index (χ2v) is 4.12. The molecule has 2 aromatic rings. The standard InChI is InChI=1S/C12H9BrO2/c13-9-3-6-12(15)11(7-9)8-1-4-10(14)5-2-8/h1-7,14-15H. The van der Waals surface area contributed by atoms with Crippen LogP contribution < -0.4 is 0 Å². The Hall–Kier alpha value is -1.48. The molecule has 0 heterocycles. The second-order valence-electron chi connectivity index (χ2n) is 3.21. The highest BCUT2D eigenvalue weighted by molar-refractivity contribution is 9.10. The molecule has 0 aliphatic heterocycles. The van der Waals surface area contributed by atoms with Gasteiger partial charge in [-0.25, -0.2) is 0 Å². The van der Waals surface area contributed by atoms with Gasteiger partial charge in [-0.05, 0) is 35.9 Å². The maximum atomic E-state index is 9.67. The molecule has 0 spiro atoms. The average Bonchev–Trinajstić information content (AvgIpc) is 2.23. The zero-order chi connectivity index (χ0) is 10.8. The summed E-state index contributed by atoms with van der Waals surface area (Å²) in [6.45, 7) is 0. The van der Waals surface area contributed by atoms with E-state index >= 15 is 0 Å². The van der Waals surface area contributed by atoms with Crippen LogP contribution in [-0.4, -0.2) is 10.2 Å². The average molecular weight is 265 g/mol. The first-order chi connectivity index (χ1) is 7.16. The van der Waals surface area contributed by atoms with E-state index in [2.05, 4.69) is 15.9 Å². The van der Waals surface area contributed by atoms with E-state index in [1.54, 1.807) is 36.4 Å². The minimum Gasteiger partial charge on any atom is -0.508 e. The number of phenols is 2. The Labute approximate surface area is 95.9 Å². The molecular formula is C12H9BrO2. The van der Waals surface area contributed by atoms with Crippen molar-refractivity contribution in [3.8, 4) is 22.6 Å². The van der Waals surface area contributed by atoms with Gasteiger partial charge in [-0.1, -0.05) is 28.1 Å². The molecule has 0 aliphatic rings. The van der Waals surface area contributed by atoms with Crippen LogP contribution in [0.1, 0.15) is 0 Å². The number of hydrogen-bond donors (Lipinski definition) is 2. The van der Waals surface area contributed by atoms with Gasteiger partial charge in [0.05, 0.1) is 0 Å². The van der Waals surface area contributed by atoms with Gasteiger partial charge in [-0.3, -0.25) is 0 Å². The summed E-state index contributed by atoms with van der Waals surface area (Å²) in [5.74, 6) is 0.442. The van der Waals surface area contributed by atoms with E-state index in [0.29, 0.717) is 0 Å². The third-order valence-electron chi connectivity index (χ3n) is 2.14. The van der Waals surface area contributed by atoms with Crippen LogP contribution in [0.2, 0.25) is 0 Å². The quantitative estimate of drug-likeness (QED) is 0.828. The molecule has 2 rings (SSSR count). The summed E-state index contributed by atoms with van der Waals surface area (Å²) in [5.41, 5.74) is 1.61. The molecule has 2 nitrogen and oxygen atoms in total. The van der Waals surface area contributed by atoms with Gasteiger partial charge in [0.15, 0.2) is 0 Å². The number of hydrogen-bond acceptors (Lipinski definition) is 2. The predicted molar refractivity (Wildman–Crippen MR) is 62.9 cm³/mol. The van der Waals surface area contributed by atoms with Gasteiger partial charge >= 0.3 is 0 Å². The topological polar surface area (TPSA) is 40.5 Å². The Morgan fingerprint density at radius 1 is 0.867 bits per heavy atom. The highest BCUT2D eigenvalue weighted by Gasteiger charge is 2.04. The van der Waals surface area contributed by atoms with E-state index in [1.165, 1.54) is 0 Å². The zero-order valence-electron chi connectivity index (χ0n) is 7.81. The lowest BCUT2D eigenvalue weighted by molar-refractivity contribution is 0.474. The molecule has 0 bridgehead atoms. The largest absolute Gasteiger partial charge is 0.508 e. The summed E-state index contributed by atoms with van der Waals surface area (Å²) in [6, 6.07) is 12.0. The molecule has 0 fully saturated rings. The molecule has 0 radical (unpaired) electrons. The summed E-state index contributed by atoms with van der Waals surface area (Å²) in [4.78, 5) is 0. The fraction of sp³-hybridized carbons (Fsp3) is 0. The summed E-state index contributed by atoms with van der Waals surface area (Å²) < 4.78 is 0.906. The maximum Gasteiger partial charge on any atom is 0.123 e. The Kier molecular flexibility index (Phi) is 2.64. The fourth-order valence-electron chi connectivity index (χ4n) is 1.38. The molecule has 0 saturated heterocycles. The predicted octanol–water partition coefficient (Wildman–Crippen LogP) is 3.53. The molecule has 0 saturated carbocycles. The number of benzene rings is 2. The second kappa shape index (κ2) is 3.95. The van der Waals surface area contributed by atoms with Crippen molar-refractivity contribution in [2.75, 3.05) is 0 Å².